The van der Waals surface area contributed by atoms with E-state index < -0.39 is 5.92 Å². The van der Waals surface area contributed by atoms with E-state index in [4.69, 9.17) is 10.9 Å². The second kappa shape index (κ2) is 7.14. The van der Waals surface area contributed by atoms with E-state index in [0.29, 0.717) is 12.3 Å². The molecule has 3 N–H and O–H groups in total. The highest BCUT2D eigenvalue weighted by Gasteiger charge is 2.28. The van der Waals surface area contributed by atoms with Crippen molar-refractivity contribution in [3.63, 3.8) is 0 Å². The van der Waals surface area contributed by atoms with Crippen LogP contribution < -0.4 is 5.73 Å². The average Bonchev–Trinajstić information content (AvgIpc) is 2.32. The molecule has 0 saturated heterocycles. The fourth-order valence-corrected chi connectivity index (χ4v) is 1.65. The minimum Gasteiger partial charge on any atom is -0.409 e. The predicted molar refractivity (Wildman–Crippen MR) is 68.9 cm³/mol. The highest BCUT2D eigenvalue weighted by Crippen LogP contribution is 2.15. The van der Waals surface area contributed by atoms with Crippen molar-refractivity contribution in [2.45, 2.75) is 46.6 Å². The van der Waals surface area contributed by atoms with E-state index in [9.17, 15) is 4.79 Å². The molecule has 5 nitrogen and oxygen atoms in total. The van der Waals surface area contributed by atoms with Gasteiger partial charge in [-0.2, -0.15) is 0 Å². The van der Waals surface area contributed by atoms with E-state index in [0.717, 1.165) is 6.42 Å². The first-order chi connectivity index (χ1) is 7.86. The second-order valence-electron chi connectivity index (χ2n) is 4.80. The van der Waals surface area contributed by atoms with Gasteiger partial charge in [0.2, 0.25) is 5.91 Å². The standard InChI is InChI=1S/C12H25N3O2/c1-6-7-10(11(13)14-17)12(16)15(5)9(4)8(2)3/h8-10,17H,6-7H2,1-5H3,(H2,13,14). The molecule has 0 fully saturated rings. The van der Waals surface area contributed by atoms with Crippen molar-refractivity contribution in [2.24, 2.45) is 22.7 Å². The largest absolute Gasteiger partial charge is 0.409 e. The van der Waals surface area contributed by atoms with Crippen molar-refractivity contribution in [3.05, 3.63) is 0 Å². The number of nitrogens with zero attached hydrogens (tertiary/aromatic N) is 2. The van der Waals surface area contributed by atoms with Crippen LogP contribution >= 0.6 is 0 Å². The molecule has 0 aliphatic heterocycles. The summed E-state index contributed by atoms with van der Waals surface area (Å²) in [6.07, 6.45) is 1.42. The Bertz CT molecular complexity index is 277. The summed E-state index contributed by atoms with van der Waals surface area (Å²) in [5.41, 5.74) is 5.57. The van der Waals surface area contributed by atoms with Crippen LogP contribution in [0.25, 0.3) is 0 Å². The summed E-state index contributed by atoms with van der Waals surface area (Å²) >= 11 is 0. The maximum absolute atomic E-state index is 12.2. The van der Waals surface area contributed by atoms with Crippen LogP contribution in [0, 0.1) is 11.8 Å². The van der Waals surface area contributed by atoms with E-state index in [1.54, 1.807) is 11.9 Å². The topological polar surface area (TPSA) is 78.9 Å². The zero-order chi connectivity index (χ0) is 13.6. The Balaban J connectivity index is 4.84. The maximum atomic E-state index is 12.2. The predicted octanol–water partition coefficient (Wildman–Crippen LogP) is 1.65. The van der Waals surface area contributed by atoms with Crippen LogP contribution in [0.2, 0.25) is 0 Å². The molecule has 0 aromatic rings. The van der Waals surface area contributed by atoms with Gasteiger partial charge in [-0.15, -0.1) is 0 Å². The molecule has 0 aliphatic carbocycles. The molecule has 2 atom stereocenters. The lowest BCUT2D eigenvalue weighted by molar-refractivity contribution is -0.134. The molecule has 0 aliphatic rings. The average molecular weight is 243 g/mol. The number of amidine groups is 1. The Hall–Kier alpha value is -1.26. The molecule has 1 amide bonds. The molecule has 0 aromatic carbocycles. The monoisotopic (exact) mass is 243 g/mol. The Morgan fingerprint density at radius 1 is 1.41 bits per heavy atom. The third kappa shape index (κ3) is 4.24. The lowest BCUT2D eigenvalue weighted by atomic mass is 9.98. The van der Waals surface area contributed by atoms with Crippen LogP contribution in [-0.2, 0) is 4.79 Å². The minimum absolute atomic E-state index is 0.000318. The lowest BCUT2D eigenvalue weighted by Gasteiger charge is -2.30. The summed E-state index contributed by atoms with van der Waals surface area (Å²) < 4.78 is 0. The van der Waals surface area contributed by atoms with E-state index in [-0.39, 0.29) is 17.8 Å². The van der Waals surface area contributed by atoms with Gasteiger partial charge in [-0.05, 0) is 19.3 Å². The SMILES string of the molecule is CCCC(C(=O)N(C)C(C)C(C)C)C(N)=NO. The normalized spacial score (nSPS) is 15.8. The molecule has 17 heavy (non-hydrogen) atoms. The van der Waals surface area contributed by atoms with E-state index in [2.05, 4.69) is 19.0 Å². The van der Waals surface area contributed by atoms with Crippen LogP contribution in [-0.4, -0.2) is 34.9 Å². The lowest BCUT2D eigenvalue weighted by Crippen LogP contribution is -2.45. The molecule has 100 valence electrons. The van der Waals surface area contributed by atoms with Gasteiger partial charge in [-0.25, -0.2) is 0 Å². The van der Waals surface area contributed by atoms with Crippen LogP contribution in [0.15, 0.2) is 5.16 Å². The van der Waals surface area contributed by atoms with Crippen molar-refractivity contribution in [1.29, 1.82) is 0 Å². The zero-order valence-electron chi connectivity index (χ0n) is 11.5. The van der Waals surface area contributed by atoms with Gasteiger partial charge < -0.3 is 15.8 Å². The molecule has 0 radical (unpaired) electrons. The molecule has 0 bridgehead atoms. The summed E-state index contributed by atoms with van der Waals surface area (Å²) in [7, 11) is 1.76. The molecule has 2 unspecified atom stereocenters. The van der Waals surface area contributed by atoms with Crippen molar-refractivity contribution in [3.8, 4) is 0 Å². The number of hydrogen-bond acceptors (Lipinski definition) is 3. The fourth-order valence-electron chi connectivity index (χ4n) is 1.65. The third-order valence-corrected chi connectivity index (χ3v) is 3.27. The van der Waals surface area contributed by atoms with E-state index in [1.807, 2.05) is 13.8 Å². The summed E-state index contributed by atoms with van der Waals surface area (Å²) in [6.45, 7) is 8.09. The van der Waals surface area contributed by atoms with Gasteiger partial charge in [0.15, 0.2) is 5.84 Å². The molecule has 0 spiro atoms. The quantitative estimate of drug-likeness (QED) is 0.322. The number of amides is 1. The number of carbonyl (C=O) groups excluding carboxylic acids is 1. The van der Waals surface area contributed by atoms with Gasteiger partial charge in [-0.1, -0.05) is 32.3 Å². The van der Waals surface area contributed by atoms with Crippen molar-refractivity contribution < 1.29 is 10.0 Å². The highest BCUT2D eigenvalue weighted by atomic mass is 16.4. The number of rotatable bonds is 6. The third-order valence-electron chi connectivity index (χ3n) is 3.27. The van der Waals surface area contributed by atoms with E-state index >= 15 is 0 Å². The van der Waals surface area contributed by atoms with Crippen LogP contribution in [0.5, 0.6) is 0 Å². The first kappa shape index (κ1) is 15.7. The summed E-state index contributed by atoms with van der Waals surface area (Å²) in [4.78, 5) is 13.9. The molecular formula is C12H25N3O2. The van der Waals surface area contributed by atoms with Gasteiger partial charge in [0, 0.05) is 13.1 Å². The maximum Gasteiger partial charge on any atom is 0.233 e. The molecule has 0 saturated carbocycles. The summed E-state index contributed by atoms with van der Waals surface area (Å²) in [5, 5.41) is 11.7. The van der Waals surface area contributed by atoms with Crippen LogP contribution in [0.3, 0.4) is 0 Å². The smallest absolute Gasteiger partial charge is 0.233 e. The van der Waals surface area contributed by atoms with Gasteiger partial charge >= 0.3 is 0 Å². The van der Waals surface area contributed by atoms with Crippen molar-refractivity contribution >= 4 is 11.7 Å². The molecule has 0 aromatic heterocycles. The first-order valence-electron chi connectivity index (χ1n) is 6.10. The fraction of sp³-hybridized carbons (Fsp3) is 0.833. The Labute approximate surface area is 104 Å². The molecule has 5 heteroatoms. The minimum atomic E-state index is -0.517. The number of oxime groups is 1. The zero-order valence-corrected chi connectivity index (χ0v) is 11.5. The van der Waals surface area contributed by atoms with Gasteiger partial charge in [0.05, 0.1) is 5.92 Å². The Morgan fingerprint density at radius 2 is 1.94 bits per heavy atom. The van der Waals surface area contributed by atoms with Gasteiger partial charge in [-0.3, -0.25) is 4.79 Å². The Kier molecular flexibility index (Phi) is 6.61. The summed E-state index contributed by atoms with van der Waals surface area (Å²) in [5.74, 6) is -0.224. The van der Waals surface area contributed by atoms with Crippen LogP contribution in [0.4, 0.5) is 0 Å². The molecule has 0 rings (SSSR count). The molecular weight excluding hydrogens is 218 g/mol. The summed E-state index contributed by atoms with van der Waals surface area (Å²) in [6, 6.07) is 0.133. The van der Waals surface area contributed by atoms with Crippen molar-refractivity contribution in [1.82, 2.24) is 4.90 Å². The number of carbonyl (C=O) groups is 1. The number of nitrogens with two attached hydrogens (primary N) is 1. The highest BCUT2D eigenvalue weighted by molar-refractivity contribution is 6.02. The Morgan fingerprint density at radius 3 is 2.29 bits per heavy atom. The van der Waals surface area contributed by atoms with Crippen molar-refractivity contribution in [2.75, 3.05) is 7.05 Å². The first-order valence-corrected chi connectivity index (χ1v) is 6.10. The van der Waals surface area contributed by atoms with Crippen LogP contribution in [0.1, 0.15) is 40.5 Å². The molecule has 0 heterocycles. The number of hydrogen-bond donors (Lipinski definition) is 2. The second-order valence-corrected chi connectivity index (χ2v) is 4.80. The van der Waals surface area contributed by atoms with Gasteiger partial charge in [0.25, 0.3) is 0 Å². The van der Waals surface area contributed by atoms with Gasteiger partial charge in [0.1, 0.15) is 0 Å². The van der Waals surface area contributed by atoms with E-state index in [1.165, 1.54) is 0 Å².